The highest BCUT2D eigenvalue weighted by molar-refractivity contribution is 6.11. The van der Waals surface area contributed by atoms with Gasteiger partial charge in [0.05, 0.1) is 12.2 Å². The molecule has 0 bridgehead atoms. The fraction of sp³-hybridized carbons (Fsp3) is 0.133. The molecule has 0 N–H and O–H groups in total. The molecule has 0 atom stereocenters. The van der Waals surface area contributed by atoms with Gasteiger partial charge in [0.2, 0.25) is 0 Å². The molecule has 0 amide bonds. The fourth-order valence-electron chi connectivity index (χ4n) is 2.14. The van der Waals surface area contributed by atoms with E-state index in [0.717, 1.165) is 17.7 Å². The van der Waals surface area contributed by atoms with Crippen molar-refractivity contribution in [1.29, 1.82) is 0 Å². The second kappa shape index (κ2) is 4.06. The van der Waals surface area contributed by atoms with Crippen LogP contribution in [0.1, 0.15) is 21.5 Å². The summed E-state index contributed by atoms with van der Waals surface area (Å²) in [5, 5.41) is 0. The third-order valence-corrected chi connectivity index (χ3v) is 2.99. The summed E-state index contributed by atoms with van der Waals surface area (Å²) in [7, 11) is 0. The van der Waals surface area contributed by atoms with Crippen molar-refractivity contribution in [3.8, 4) is 5.75 Å². The summed E-state index contributed by atoms with van der Waals surface area (Å²) < 4.78 is 5.55. The predicted octanol–water partition coefficient (Wildman–Crippen LogP) is 2.85. The van der Waals surface area contributed by atoms with Gasteiger partial charge in [0.25, 0.3) is 0 Å². The third kappa shape index (κ3) is 1.72. The number of rotatable bonds is 2. The minimum atomic E-state index is 0.0318. The minimum Gasteiger partial charge on any atom is -0.492 e. The highest BCUT2D eigenvalue weighted by Crippen LogP contribution is 2.30. The van der Waals surface area contributed by atoms with E-state index in [1.807, 2.05) is 48.5 Å². The largest absolute Gasteiger partial charge is 0.492 e. The molecule has 84 valence electrons. The standard InChI is InChI=1S/C15H12O2/c16-14(11-5-2-1-3-6-11)13-8-4-7-12-9-10-17-15(12)13/h1-8H,9-10H2. The Balaban J connectivity index is 2.06. The number of ketones is 1. The van der Waals surface area contributed by atoms with E-state index >= 15 is 0 Å². The number of hydrogen-bond acceptors (Lipinski definition) is 2. The summed E-state index contributed by atoms with van der Waals surface area (Å²) in [5.74, 6) is 0.797. The van der Waals surface area contributed by atoms with Gasteiger partial charge in [-0.1, -0.05) is 42.5 Å². The minimum absolute atomic E-state index is 0.0318. The maximum atomic E-state index is 12.3. The predicted molar refractivity (Wildman–Crippen MR) is 65.5 cm³/mol. The topological polar surface area (TPSA) is 26.3 Å². The van der Waals surface area contributed by atoms with Gasteiger partial charge in [-0.25, -0.2) is 0 Å². The van der Waals surface area contributed by atoms with Crippen molar-refractivity contribution in [2.24, 2.45) is 0 Å². The molecule has 3 rings (SSSR count). The van der Waals surface area contributed by atoms with E-state index in [1.165, 1.54) is 0 Å². The lowest BCUT2D eigenvalue weighted by molar-refractivity contribution is 0.103. The molecule has 1 heterocycles. The molecular weight excluding hydrogens is 212 g/mol. The Morgan fingerprint density at radius 1 is 1.00 bits per heavy atom. The molecule has 1 aliphatic rings. The Bertz CT molecular complexity index is 558. The molecule has 2 aromatic rings. The quantitative estimate of drug-likeness (QED) is 0.733. The Morgan fingerprint density at radius 2 is 1.82 bits per heavy atom. The molecule has 2 aromatic carbocycles. The maximum absolute atomic E-state index is 12.3. The van der Waals surface area contributed by atoms with Crippen LogP contribution in [0.3, 0.4) is 0 Å². The number of benzene rings is 2. The number of para-hydroxylation sites is 1. The SMILES string of the molecule is O=C(c1ccccc1)c1cccc2c1OCC2. The molecule has 2 heteroatoms. The van der Waals surface area contributed by atoms with Gasteiger partial charge >= 0.3 is 0 Å². The second-order valence-corrected chi connectivity index (χ2v) is 4.09. The molecule has 0 aromatic heterocycles. The average Bonchev–Trinajstić information content (AvgIpc) is 2.87. The van der Waals surface area contributed by atoms with Crippen molar-refractivity contribution in [2.75, 3.05) is 6.61 Å². The summed E-state index contributed by atoms with van der Waals surface area (Å²) in [6.07, 6.45) is 0.894. The van der Waals surface area contributed by atoms with Gasteiger partial charge in [0.15, 0.2) is 5.78 Å². The zero-order chi connectivity index (χ0) is 11.7. The number of carbonyl (C=O) groups excluding carboxylic acids is 1. The molecule has 0 saturated carbocycles. The molecule has 0 spiro atoms. The summed E-state index contributed by atoms with van der Waals surface area (Å²) in [5.41, 5.74) is 2.51. The highest BCUT2D eigenvalue weighted by atomic mass is 16.5. The van der Waals surface area contributed by atoms with Gasteiger partial charge in [-0.05, 0) is 11.6 Å². The molecule has 0 saturated heterocycles. The summed E-state index contributed by atoms with van der Waals surface area (Å²) in [6, 6.07) is 15.1. The number of fused-ring (bicyclic) bond motifs is 1. The Hall–Kier alpha value is -2.09. The Morgan fingerprint density at radius 3 is 2.65 bits per heavy atom. The monoisotopic (exact) mass is 224 g/mol. The molecule has 0 radical (unpaired) electrons. The van der Waals surface area contributed by atoms with Crippen LogP contribution >= 0.6 is 0 Å². The first-order valence-corrected chi connectivity index (χ1v) is 5.71. The van der Waals surface area contributed by atoms with Crippen LogP contribution in [-0.2, 0) is 6.42 Å². The lowest BCUT2D eigenvalue weighted by Gasteiger charge is -2.06. The summed E-state index contributed by atoms with van der Waals surface area (Å²) in [4.78, 5) is 12.3. The van der Waals surface area contributed by atoms with Crippen LogP contribution in [0.5, 0.6) is 5.75 Å². The van der Waals surface area contributed by atoms with Crippen molar-refractivity contribution in [2.45, 2.75) is 6.42 Å². The van der Waals surface area contributed by atoms with Crippen LogP contribution in [0.15, 0.2) is 48.5 Å². The number of hydrogen-bond donors (Lipinski definition) is 0. The van der Waals surface area contributed by atoms with Crippen molar-refractivity contribution >= 4 is 5.78 Å². The van der Waals surface area contributed by atoms with Crippen LogP contribution in [0.25, 0.3) is 0 Å². The van der Waals surface area contributed by atoms with Crippen LogP contribution < -0.4 is 4.74 Å². The third-order valence-electron chi connectivity index (χ3n) is 2.99. The van der Waals surface area contributed by atoms with E-state index < -0.39 is 0 Å². The summed E-state index contributed by atoms with van der Waals surface area (Å²) in [6.45, 7) is 0.675. The van der Waals surface area contributed by atoms with E-state index in [2.05, 4.69) is 0 Å². The molecule has 0 fully saturated rings. The lowest BCUT2D eigenvalue weighted by Crippen LogP contribution is -2.03. The molecule has 17 heavy (non-hydrogen) atoms. The van der Waals surface area contributed by atoms with Gasteiger partial charge in [0.1, 0.15) is 5.75 Å². The van der Waals surface area contributed by atoms with E-state index in [-0.39, 0.29) is 5.78 Å². The second-order valence-electron chi connectivity index (χ2n) is 4.09. The molecule has 0 unspecified atom stereocenters. The lowest BCUT2D eigenvalue weighted by atomic mass is 10.00. The number of ether oxygens (including phenoxy) is 1. The van der Waals surface area contributed by atoms with E-state index in [0.29, 0.717) is 17.7 Å². The van der Waals surface area contributed by atoms with Crippen molar-refractivity contribution in [3.05, 3.63) is 65.2 Å². The zero-order valence-corrected chi connectivity index (χ0v) is 9.35. The van der Waals surface area contributed by atoms with E-state index in [4.69, 9.17) is 4.74 Å². The van der Waals surface area contributed by atoms with Gasteiger partial charge in [0, 0.05) is 12.0 Å². The molecule has 2 nitrogen and oxygen atoms in total. The van der Waals surface area contributed by atoms with Crippen LogP contribution in [-0.4, -0.2) is 12.4 Å². The van der Waals surface area contributed by atoms with E-state index in [9.17, 15) is 4.79 Å². The Labute approximate surface area is 99.9 Å². The fourth-order valence-corrected chi connectivity index (χ4v) is 2.14. The van der Waals surface area contributed by atoms with Gasteiger partial charge in [-0.3, -0.25) is 4.79 Å². The van der Waals surface area contributed by atoms with Crippen LogP contribution in [0, 0.1) is 0 Å². The molecule has 0 aliphatic carbocycles. The van der Waals surface area contributed by atoms with Crippen LogP contribution in [0.2, 0.25) is 0 Å². The van der Waals surface area contributed by atoms with Crippen molar-refractivity contribution in [1.82, 2.24) is 0 Å². The first-order valence-electron chi connectivity index (χ1n) is 5.71. The van der Waals surface area contributed by atoms with Crippen molar-refractivity contribution in [3.63, 3.8) is 0 Å². The summed E-state index contributed by atoms with van der Waals surface area (Å²) >= 11 is 0. The average molecular weight is 224 g/mol. The van der Waals surface area contributed by atoms with Gasteiger partial charge < -0.3 is 4.74 Å². The zero-order valence-electron chi connectivity index (χ0n) is 9.35. The highest BCUT2D eigenvalue weighted by Gasteiger charge is 2.20. The Kier molecular flexibility index (Phi) is 2.41. The normalized spacial score (nSPS) is 12.9. The first-order chi connectivity index (χ1) is 8.36. The van der Waals surface area contributed by atoms with Gasteiger partial charge in [-0.15, -0.1) is 0 Å². The van der Waals surface area contributed by atoms with Gasteiger partial charge in [-0.2, -0.15) is 0 Å². The molecular formula is C15H12O2. The van der Waals surface area contributed by atoms with Crippen LogP contribution in [0.4, 0.5) is 0 Å². The first kappa shape index (κ1) is 10.1. The molecule has 1 aliphatic heterocycles. The van der Waals surface area contributed by atoms with Crippen molar-refractivity contribution < 1.29 is 9.53 Å². The number of carbonyl (C=O) groups is 1. The van der Waals surface area contributed by atoms with E-state index in [1.54, 1.807) is 0 Å². The maximum Gasteiger partial charge on any atom is 0.196 e. The smallest absolute Gasteiger partial charge is 0.196 e.